The quantitative estimate of drug-likeness (QED) is 0.726. The smallest absolute Gasteiger partial charge is 0.248 e. The van der Waals surface area contributed by atoms with Gasteiger partial charge in [-0.15, -0.1) is 0 Å². The van der Waals surface area contributed by atoms with Crippen LogP contribution in [0.1, 0.15) is 22.8 Å². The number of halogens is 1. The molecule has 0 saturated carbocycles. The van der Waals surface area contributed by atoms with E-state index in [0.717, 1.165) is 0 Å². The summed E-state index contributed by atoms with van der Waals surface area (Å²) in [7, 11) is 1.52. The highest BCUT2D eigenvalue weighted by atomic mass is 35.5. The molecule has 0 spiro atoms. The number of methoxy groups -OCH3 is 1. The number of amides is 2. The summed E-state index contributed by atoms with van der Waals surface area (Å²) < 4.78 is 10.7. The zero-order valence-corrected chi connectivity index (χ0v) is 15.2. The Morgan fingerprint density at radius 2 is 1.92 bits per heavy atom. The molecule has 0 unspecified atom stereocenters. The van der Waals surface area contributed by atoms with Crippen LogP contribution in [-0.2, 0) is 4.79 Å². The fourth-order valence-corrected chi connectivity index (χ4v) is 2.47. The lowest BCUT2D eigenvalue weighted by Crippen LogP contribution is -2.11. The van der Waals surface area contributed by atoms with Crippen molar-refractivity contribution in [3.8, 4) is 11.5 Å². The molecular formula is C19H19ClN2O4. The number of hydrogen-bond acceptors (Lipinski definition) is 4. The van der Waals surface area contributed by atoms with E-state index in [4.69, 9.17) is 26.8 Å². The van der Waals surface area contributed by atoms with Crippen LogP contribution in [0, 0.1) is 0 Å². The van der Waals surface area contributed by atoms with Crippen molar-refractivity contribution < 1.29 is 19.1 Å². The minimum absolute atomic E-state index is 0.333. The second-order valence-corrected chi connectivity index (χ2v) is 5.64. The van der Waals surface area contributed by atoms with Crippen molar-refractivity contribution in [1.82, 2.24) is 0 Å². The molecule has 0 aromatic heterocycles. The second kappa shape index (κ2) is 8.92. The summed E-state index contributed by atoms with van der Waals surface area (Å²) in [6.45, 7) is 2.31. The van der Waals surface area contributed by atoms with E-state index in [9.17, 15) is 9.59 Å². The van der Waals surface area contributed by atoms with Gasteiger partial charge in [0, 0.05) is 17.3 Å². The Hall–Kier alpha value is -2.99. The van der Waals surface area contributed by atoms with Gasteiger partial charge < -0.3 is 20.5 Å². The number of carbonyl (C=O) groups excluding carboxylic acids is 2. The third-order valence-corrected chi connectivity index (χ3v) is 3.69. The van der Waals surface area contributed by atoms with E-state index in [-0.39, 0.29) is 5.91 Å². The SMILES string of the molecule is CCOc1c(Cl)cc(/C=C/C(=O)Nc2ccc(C(N)=O)cc2)cc1OC. The van der Waals surface area contributed by atoms with E-state index in [1.165, 1.54) is 13.2 Å². The summed E-state index contributed by atoms with van der Waals surface area (Å²) in [5.74, 6) is 0.0964. The third kappa shape index (κ3) is 5.00. The Balaban J connectivity index is 2.09. The van der Waals surface area contributed by atoms with Crippen LogP contribution in [0.2, 0.25) is 5.02 Å². The van der Waals surface area contributed by atoms with Crippen molar-refractivity contribution in [3.05, 3.63) is 58.6 Å². The molecule has 2 aromatic carbocycles. The fraction of sp³-hybridized carbons (Fsp3) is 0.158. The van der Waals surface area contributed by atoms with Crippen molar-refractivity contribution in [1.29, 1.82) is 0 Å². The van der Waals surface area contributed by atoms with Gasteiger partial charge in [0.15, 0.2) is 11.5 Å². The zero-order valence-electron chi connectivity index (χ0n) is 14.4. The molecule has 2 aromatic rings. The molecule has 0 saturated heterocycles. The highest BCUT2D eigenvalue weighted by Crippen LogP contribution is 2.36. The molecule has 7 heteroatoms. The topological polar surface area (TPSA) is 90.6 Å². The summed E-state index contributed by atoms with van der Waals surface area (Å²) in [4.78, 5) is 23.1. The first kappa shape index (κ1) is 19.3. The van der Waals surface area contributed by atoms with Gasteiger partial charge in [-0.1, -0.05) is 11.6 Å². The molecule has 2 rings (SSSR count). The molecule has 136 valence electrons. The van der Waals surface area contributed by atoms with E-state index in [2.05, 4.69) is 5.32 Å². The summed E-state index contributed by atoms with van der Waals surface area (Å²) >= 11 is 6.20. The first-order valence-corrected chi connectivity index (χ1v) is 8.21. The first-order chi connectivity index (χ1) is 12.4. The van der Waals surface area contributed by atoms with E-state index >= 15 is 0 Å². The molecule has 0 aliphatic carbocycles. The van der Waals surface area contributed by atoms with Gasteiger partial charge in [-0.3, -0.25) is 9.59 Å². The molecule has 0 aliphatic rings. The molecule has 3 N–H and O–H groups in total. The molecule has 0 bridgehead atoms. The monoisotopic (exact) mass is 374 g/mol. The van der Waals surface area contributed by atoms with E-state index < -0.39 is 5.91 Å². The number of benzene rings is 2. The summed E-state index contributed by atoms with van der Waals surface area (Å²) in [6, 6.07) is 9.69. The van der Waals surface area contributed by atoms with Crippen LogP contribution < -0.4 is 20.5 Å². The van der Waals surface area contributed by atoms with Gasteiger partial charge in [0.1, 0.15) is 0 Å². The maximum atomic E-state index is 12.0. The van der Waals surface area contributed by atoms with Crippen molar-refractivity contribution in [3.63, 3.8) is 0 Å². The molecule has 6 nitrogen and oxygen atoms in total. The van der Waals surface area contributed by atoms with Gasteiger partial charge in [0.2, 0.25) is 11.8 Å². The average Bonchev–Trinajstić information content (AvgIpc) is 2.62. The van der Waals surface area contributed by atoms with Crippen LogP contribution in [0.25, 0.3) is 6.08 Å². The van der Waals surface area contributed by atoms with Crippen molar-refractivity contribution in [2.45, 2.75) is 6.92 Å². The van der Waals surface area contributed by atoms with Crippen molar-refractivity contribution >= 4 is 35.2 Å². The van der Waals surface area contributed by atoms with E-state index in [1.54, 1.807) is 42.5 Å². The predicted octanol–water partition coefficient (Wildman–Crippen LogP) is 3.50. The average molecular weight is 375 g/mol. The van der Waals surface area contributed by atoms with Crippen LogP contribution >= 0.6 is 11.6 Å². The Morgan fingerprint density at radius 1 is 1.23 bits per heavy atom. The number of ether oxygens (including phenoxy) is 2. The Kier molecular flexibility index (Phi) is 6.63. The van der Waals surface area contributed by atoms with Crippen LogP contribution in [0.3, 0.4) is 0 Å². The maximum absolute atomic E-state index is 12.0. The Morgan fingerprint density at radius 3 is 2.50 bits per heavy atom. The third-order valence-electron chi connectivity index (χ3n) is 3.40. The van der Waals surface area contributed by atoms with Gasteiger partial charge in [-0.2, -0.15) is 0 Å². The highest BCUT2D eigenvalue weighted by Gasteiger charge is 2.10. The molecule has 0 fully saturated rings. The van der Waals surface area contributed by atoms with E-state index in [1.807, 2.05) is 6.92 Å². The largest absolute Gasteiger partial charge is 0.493 e. The summed E-state index contributed by atoms with van der Waals surface area (Å²) in [5, 5.41) is 3.08. The fourth-order valence-electron chi connectivity index (χ4n) is 2.19. The Labute approximate surface area is 156 Å². The summed E-state index contributed by atoms with van der Waals surface area (Å²) in [5.41, 5.74) is 6.78. The standard InChI is InChI=1S/C19H19ClN2O4/c1-3-26-18-15(20)10-12(11-16(18)25-2)4-9-17(23)22-14-7-5-13(6-8-14)19(21)24/h4-11H,3H2,1-2H3,(H2,21,24)(H,22,23)/b9-4+. The zero-order chi connectivity index (χ0) is 19.1. The lowest BCUT2D eigenvalue weighted by Gasteiger charge is -2.11. The number of nitrogens with one attached hydrogen (secondary N) is 1. The number of rotatable bonds is 7. The summed E-state index contributed by atoms with van der Waals surface area (Å²) in [6.07, 6.45) is 2.98. The number of anilines is 1. The highest BCUT2D eigenvalue weighted by molar-refractivity contribution is 6.32. The lowest BCUT2D eigenvalue weighted by atomic mass is 10.1. The molecule has 0 heterocycles. The number of primary amides is 1. The van der Waals surface area contributed by atoms with Crippen LogP contribution in [0.4, 0.5) is 5.69 Å². The normalized spacial score (nSPS) is 10.6. The predicted molar refractivity (Wildman–Crippen MR) is 102 cm³/mol. The number of nitrogens with two attached hydrogens (primary N) is 1. The molecular weight excluding hydrogens is 356 g/mol. The molecule has 0 atom stereocenters. The number of hydrogen-bond donors (Lipinski definition) is 2. The van der Waals surface area contributed by atoms with Gasteiger partial charge >= 0.3 is 0 Å². The van der Waals surface area contributed by atoms with Crippen molar-refractivity contribution in [2.75, 3.05) is 19.0 Å². The van der Waals surface area contributed by atoms with E-state index in [0.29, 0.717) is 39.9 Å². The molecule has 0 aliphatic heterocycles. The molecule has 2 amide bonds. The lowest BCUT2D eigenvalue weighted by molar-refractivity contribution is -0.111. The maximum Gasteiger partial charge on any atom is 0.248 e. The van der Waals surface area contributed by atoms with Gasteiger partial charge in [-0.05, 0) is 55.0 Å². The van der Waals surface area contributed by atoms with Crippen LogP contribution in [0.15, 0.2) is 42.5 Å². The van der Waals surface area contributed by atoms with Gasteiger partial charge in [0.25, 0.3) is 0 Å². The minimum Gasteiger partial charge on any atom is -0.493 e. The van der Waals surface area contributed by atoms with Crippen molar-refractivity contribution in [2.24, 2.45) is 5.73 Å². The first-order valence-electron chi connectivity index (χ1n) is 7.83. The Bertz CT molecular complexity index is 832. The van der Waals surface area contributed by atoms with Crippen LogP contribution in [0.5, 0.6) is 11.5 Å². The van der Waals surface area contributed by atoms with Gasteiger partial charge in [0.05, 0.1) is 18.7 Å². The van der Waals surface area contributed by atoms with Crippen LogP contribution in [-0.4, -0.2) is 25.5 Å². The number of carbonyl (C=O) groups is 2. The van der Waals surface area contributed by atoms with Gasteiger partial charge in [-0.25, -0.2) is 0 Å². The molecule has 0 radical (unpaired) electrons. The molecule has 26 heavy (non-hydrogen) atoms. The minimum atomic E-state index is -0.524. The second-order valence-electron chi connectivity index (χ2n) is 5.23.